The molecule has 1 aromatic carbocycles. The number of ketones is 1. The van der Waals surface area contributed by atoms with Crippen LogP contribution in [0.2, 0.25) is 0 Å². The topological polar surface area (TPSA) is 63.6 Å². The van der Waals surface area contributed by atoms with E-state index in [1.807, 2.05) is 0 Å². The molecule has 7 heteroatoms. The maximum absolute atomic E-state index is 12.3. The summed E-state index contributed by atoms with van der Waals surface area (Å²) in [6, 6.07) is 4.99. The van der Waals surface area contributed by atoms with Gasteiger partial charge in [0.05, 0.1) is 0 Å². The molecule has 0 atom stereocenters. The minimum absolute atomic E-state index is 0.126. The summed E-state index contributed by atoms with van der Waals surface area (Å²) in [5, 5.41) is 9.19. The lowest BCUT2D eigenvalue weighted by Gasteiger charge is -2.37. The van der Waals surface area contributed by atoms with Crippen molar-refractivity contribution in [1.29, 1.82) is 0 Å². The molecule has 0 amide bonds. The molecule has 1 fully saturated rings. The van der Waals surface area contributed by atoms with E-state index >= 15 is 0 Å². The zero-order valence-corrected chi connectivity index (χ0v) is 9.53. The Kier molecular flexibility index (Phi) is 3.00. The molecule has 0 spiro atoms. The van der Waals surface area contributed by atoms with Gasteiger partial charge in [-0.2, -0.15) is 0 Å². The number of benzene rings is 1. The summed E-state index contributed by atoms with van der Waals surface area (Å²) in [5.74, 6) is -2.21. The molecule has 0 radical (unpaired) electrons. The molecule has 2 rings (SSSR count). The molecule has 102 valence electrons. The Labute approximate surface area is 105 Å². The minimum atomic E-state index is -4.91. The molecule has 0 unspecified atom stereocenters. The van der Waals surface area contributed by atoms with Crippen LogP contribution in [0.5, 0.6) is 5.75 Å². The number of ether oxygens (including phenoxy) is 1. The molecule has 0 aliphatic heterocycles. The number of para-hydroxylation sites is 1. The molecule has 0 heterocycles. The van der Waals surface area contributed by atoms with E-state index in [1.165, 1.54) is 18.2 Å². The van der Waals surface area contributed by atoms with Crippen molar-refractivity contribution in [1.82, 2.24) is 0 Å². The van der Waals surface area contributed by atoms with Gasteiger partial charge in [0, 0.05) is 18.4 Å². The van der Waals surface area contributed by atoms with Gasteiger partial charge in [0.25, 0.3) is 0 Å². The van der Waals surface area contributed by atoms with E-state index in [0.717, 1.165) is 6.07 Å². The third kappa shape index (κ3) is 2.40. The fourth-order valence-electron chi connectivity index (χ4n) is 2.15. The lowest BCUT2D eigenvalue weighted by Crippen LogP contribution is -2.48. The van der Waals surface area contributed by atoms with Crippen molar-refractivity contribution in [2.45, 2.75) is 24.6 Å². The molecule has 1 N–H and O–H groups in total. The predicted octanol–water partition coefficient (Wildman–Crippen LogP) is 2.27. The fraction of sp³-hybridized carbons (Fsp3) is 0.333. The first-order chi connectivity index (χ1) is 8.74. The first kappa shape index (κ1) is 13.4. The van der Waals surface area contributed by atoms with Crippen LogP contribution in [-0.2, 0) is 15.0 Å². The molecule has 1 aliphatic carbocycles. The van der Waals surface area contributed by atoms with Gasteiger partial charge in [-0.1, -0.05) is 18.2 Å². The number of Topliss-reactive ketones (excluding diaryl/α,β-unsaturated/α-hetero) is 1. The average molecular weight is 274 g/mol. The quantitative estimate of drug-likeness (QED) is 0.918. The van der Waals surface area contributed by atoms with Crippen molar-refractivity contribution < 1.29 is 32.6 Å². The van der Waals surface area contributed by atoms with Gasteiger partial charge in [-0.25, -0.2) is 0 Å². The lowest BCUT2D eigenvalue weighted by atomic mass is 9.63. The third-order valence-electron chi connectivity index (χ3n) is 3.04. The highest BCUT2D eigenvalue weighted by Gasteiger charge is 2.53. The van der Waals surface area contributed by atoms with Crippen LogP contribution in [0.25, 0.3) is 0 Å². The van der Waals surface area contributed by atoms with Crippen LogP contribution < -0.4 is 4.74 Å². The second kappa shape index (κ2) is 4.25. The number of carbonyl (C=O) groups is 2. The van der Waals surface area contributed by atoms with E-state index in [0.29, 0.717) is 0 Å². The summed E-state index contributed by atoms with van der Waals surface area (Å²) in [4.78, 5) is 22.3. The first-order valence-corrected chi connectivity index (χ1v) is 5.35. The van der Waals surface area contributed by atoms with Gasteiger partial charge >= 0.3 is 12.3 Å². The molecule has 0 aromatic heterocycles. The van der Waals surface area contributed by atoms with E-state index in [2.05, 4.69) is 4.74 Å². The molecule has 0 saturated heterocycles. The number of alkyl halides is 3. The lowest BCUT2D eigenvalue weighted by molar-refractivity contribution is -0.275. The number of halogens is 3. The second-order valence-corrected chi connectivity index (χ2v) is 4.32. The van der Waals surface area contributed by atoms with Gasteiger partial charge in [0.2, 0.25) is 0 Å². The van der Waals surface area contributed by atoms with Crippen molar-refractivity contribution >= 4 is 11.8 Å². The van der Waals surface area contributed by atoms with E-state index in [4.69, 9.17) is 0 Å². The number of carbonyl (C=O) groups excluding carboxylic acids is 1. The van der Waals surface area contributed by atoms with Crippen LogP contribution in [0.15, 0.2) is 24.3 Å². The van der Waals surface area contributed by atoms with Gasteiger partial charge in [-0.3, -0.25) is 9.59 Å². The molecule has 19 heavy (non-hydrogen) atoms. The van der Waals surface area contributed by atoms with E-state index < -0.39 is 23.5 Å². The standard InChI is InChI=1S/C12H9F3O4/c13-12(14,15)19-9-4-2-1-3-8(9)11(10(17)18)5-7(16)6-11/h1-4H,5-6H2,(H,17,18). The summed E-state index contributed by atoms with van der Waals surface area (Å²) in [7, 11) is 0. The first-order valence-electron chi connectivity index (χ1n) is 5.35. The monoisotopic (exact) mass is 274 g/mol. The number of carboxylic acid groups (broad SMARTS) is 1. The summed E-state index contributed by atoms with van der Waals surface area (Å²) in [6.07, 6.45) is -5.55. The maximum atomic E-state index is 12.3. The Morgan fingerprint density at radius 3 is 2.32 bits per heavy atom. The van der Waals surface area contributed by atoms with Gasteiger partial charge in [0.1, 0.15) is 16.9 Å². The highest BCUT2D eigenvalue weighted by molar-refractivity contribution is 6.01. The Hall–Kier alpha value is -2.05. The zero-order chi connectivity index (χ0) is 14.3. The largest absolute Gasteiger partial charge is 0.573 e. The average Bonchev–Trinajstić information content (AvgIpc) is 2.23. The maximum Gasteiger partial charge on any atom is 0.573 e. The van der Waals surface area contributed by atoms with Crippen LogP contribution in [0.4, 0.5) is 13.2 Å². The van der Waals surface area contributed by atoms with E-state index in [9.17, 15) is 27.9 Å². The summed E-state index contributed by atoms with van der Waals surface area (Å²) in [6.45, 7) is 0. The van der Waals surface area contributed by atoms with Crippen molar-refractivity contribution in [3.8, 4) is 5.75 Å². The highest BCUT2D eigenvalue weighted by Crippen LogP contribution is 2.46. The molecular formula is C12H9F3O4. The molecule has 4 nitrogen and oxygen atoms in total. The van der Waals surface area contributed by atoms with Gasteiger partial charge in [-0.05, 0) is 6.07 Å². The molecule has 1 aromatic rings. The van der Waals surface area contributed by atoms with E-state index in [-0.39, 0.29) is 24.2 Å². The van der Waals surface area contributed by atoms with Crippen LogP contribution in [0, 0.1) is 0 Å². The van der Waals surface area contributed by atoms with Crippen molar-refractivity contribution in [2.75, 3.05) is 0 Å². The van der Waals surface area contributed by atoms with Crippen molar-refractivity contribution in [3.05, 3.63) is 29.8 Å². The smallest absolute Gasteiger partial charge is 0.481 e. The SMILES string of the molecule is O=C1CC(C(=O)O)(c2ccccc2OC(F)(F)F)C1. The van der Waals surface area contributed by atoms with Crippen LogP contribution in [0.1, 0.15) is 18.4 Å². The van der Waals surface area contributed by atoms with Crippen LogP contribution in [0.3, 0.4) is 0 Å². The normalized spacial score (nSPS) is 17.7. The number of hydrogen-bond donors (Lipinski definition) is 1. The van der Waals surface area contributed by atoms with Gasteiger partial charge in [0.15, 0.2) is 0 Å². The predicted molar refractivity (Wildman–Crippen MR) is 56.7 cm³/mol. The van der Waals surface area contributed by atoms with Crippen molar-refractivity contribution in [2.24, 2.45) is 0 Å². The van der Waals surface area contributed by atoms with Crippen LogP contribution in [-0.4, -0.2) is 23.2 Å². The molecular weight excluding hydrogens is 265 g/mol. The number of rotatable bonds is 3. The Morgan fingerprint density at radius 2 is 1.84 bits per heavy atom. The Balaban J connectivity index is 2.44. The van der Waals surface area contributed by atoms with Crippen LogP contribution >= 0.6 is 0 Å². The number of carboxylic acids is 1. The number of aliphatic carboxylic acids is 1. The Morgan fingerprint density at radius 1 is 1.26 bits per heavy atom. The van der Waals surface area contributed by atoms with Gasteiger partial charge in [-0.15, -0.1) is 13.2 Å². The summed E-state index contributed by atoms with van der Waals surface area (Å²) in [5.41, 5.74) is -1.74. The van der Waals surface area contributed by atoms with E-state index in [1.54, 1.807) is 0 Å². The second-order valence-electron chi connectivity index (χ2n) is 4.32. The molecule has 1 aliphatic rings. The fourth-order valence-corrected chi connectivity index (χ4v) is 2.15. The summed E-state index contributed by atoms with van der Waals surface area (Å²) < 4.78 is 40.6. The van der Waals surface area contributed by atoms with Gasteiger partial charge < -0.3 is 9.84 Å². The highest BCUT2D eigenvalue weighted by atomic mass is 19.4. The third-order valence-corrected chi connectivity index (χ3v) is 3.04. The molecule has 1 saturated carbocycles. The Bertz CT molecular complexity index is 528. The molecule has 0 bridgehead atoms. The minimum Gasteiger partial charge on any atom is -0.481 e. The summed E-state index contributed by atoms with van der Waals surface area (Å²) >= 11 is 0. The zero-order valence-electron chi connectivity index (χ0n) is 9.53. The number of hydrogen-bond acceptors (Lipinski definition) is 3. The van der Waals surface area contributed by atoms with Crippen molar-refractivity contribution in [3.63, 3.8) is 0 Å².